The van der Waals surface area contributed by atoms with E-state index in [0.717, 1.165) is 18.1 Å². The fourth-order valence-electron chi connectivity index (χ4n) is 3.03. The number of nitrogen functional groups attached to an aromatic ring is 1. The van der Waals surface area contributed by atoms with E-state index in [1.807, 2.05) is 4.90 Å². The molecule has 2 unspecified atom stereocenters. The summed E-state index contributed by atoms with van der Waals surface area (Å²) in [6.45, 7) is 5.17. The number of piperidine rings is 1. The third-order valence-electron chi connectivity index (χ3n) is 4.91. The molecule has 2 heterocycles. The van der Waals surface area contributed by atoms with Crippen molar-refractivity contribution in [2.45, 2.75) is 58.0 Å². The maximum atomic E-state index is 12.7. The summed E-state index contributed by atoms with van der Waals surface area (Å²) < 4.78 is 0. The fraction of sp³-hybridized carbons (Fsp3) is 0.733. The van der Waals surface area contributed by atoms with Crippen LogP contribution < -0.4 is 11.1 Å². The number of likely N-dealkylation sites (tertiary alicyclic amines) is 1. The van der Waals surface area contributed by atoms with Crippen LogP contribution >= 0.6 is 11.3 Å². The van der Waals surface area contributed by atoms with Crippen LogP contribution in [0.15, 0.2) is 0 Å². The van der Waals surface area contributed by atoms with Crippen molar-refractivity contribution < 1.29 is 4.79 Å². The first kappa shape index (κ1) is 14.6. The minimum absolute atomic E-state index is 0.0470. The number of hydrogen-bond acceptors (Lipinski definition) is 5. The minimum atomic E-state index is 0.0470. The number of amides is 1. The monoisotopic (exact) mass is 308 g/mol. The SMILES string of the molecule is CC1CCCN(C(=O)c2sc(NC3CCC3)nc2N)C1C. The van der Waals surface area contributed by atoms with Crippen LogP contribution in [-0.4, -0.2) is 34.4 Å². The molecule has 116 valence electrons. The van der Waals surface area contributed by atoms with Crippen molar-refractivity contribution in [1.82, 2.24) is 9.88 Å². The average molecular weight is 308 g/mol. The van der Waals surface area contributed by atoms with E-state index < -0.39 is 0 Å². The highest BCUT2D eigenvalue weighted by molar-refractivity contribution is 7.18. The lowest BCUT2D eigenvalue weighted by molar-refractivity contribution is 0.0557. The van der Waals surface area contributed by atoms with E-state index in [9.17, 15) is 4.79 Å². The Morgan fingerprint density at radius 1 is 1.33 bits per heavy atom. The zero-order valence-corrected chi connectivity index (χ0v) is 13.6. The maximum Gasteiger partial charge on any atom is 0.268 e. The van der Waals surface area contributed by atoms with Gasteiger partial charge in [-0.1, -0.05) is 18.3 Å². The highest BCUT2D eigenvalue weighted by atomic mass is 32.1. The normalized spacial score (nSPS) is 26.5. The zero-order valence-electron chi connectivity index (χ0n) is 12.8. The van der Waals surface area contributed by atoms with Crippen LogP contribution in [-0.2, 0) is 0 Å². The molecule has 3 rings (SSSR count). The first-order chi connectivity index (χ1) is 10.1. The minimum Gasteiger partial charge on any atom is -0.382 e. The van der Waals surface area contributed by atoms with Gasteiger partial charge in [-0.2, -0.15) is 0 Å². The molecule has 1 aliphatic heterocycles. The second-order valence-corrected chi connectivity index (χ2v) is 7.36. The van der Waals surface area contributed by atoms with Gasteiger partial charge in [-0.05, 0) is 44.9 Å². The van der Waals surface area contributed by atoms with Gasteiger partial charge in [0.05, 0.1) is 0 Å². The molecule has 0 aromatic carbocycles. The molecule has 1 aliphatic carbocycles. The lowest BCUT2D eigenvalue weighted by Crippen LogP contribution is -2.45. The molecule has 21 heavy (non-hydrogen) atoms. The number of nitrogens with zero attached hydrogens (tertiary/aromatic N) is 2. The van der Waals surface area contributed by atoms with Crippen LogP contribution in [0.1, 0.15) is 55.6 Å². The Hall–Kier alpha value is -1.30. The van der Waals surface area contributed by atoms with Crippen molar-refractivity contribution in [3.05, 3.63) is 4.88 Å². The molecule has 2 aliphatic rings. The first-order valence-corrected chi connectivity index (χ1v) is 8.71. The van der Waals surface area contributed by atoms with Gasteiger partial charge >= 0.3 is 0 Å². The Morgan fingerprint density at radius 3 is 2.76 bits per heavy atom. The van der Waals surface area contributed by atoms with Crippen molar-refractivity contribution in [2.75, 3.05) is 17.6 Å². The number of anilines is 2. The summed E-state index contributed by atoms with van der Waals surface area (Å²) >= 11 is 1.40. The molecule has 2 atom stereocenters. The Morgan fingerprint density at radius 2 is 2.10 bits per heavy atom. The lowest BCUT2D eigenvalue weighted by atomic mass is 9.92. The Bertz CT molecular complexity index is 526. The predicted molar refractivity (Wildman–Crippen MR) is 86.7 cm³/mol. The maximum absolute atomic E-state index is 12.7. The van der Waals surface area contributed by atoms with Gasteiger partial charge in [-0.25, -0.2) is 4.98 Å². The van der Waals surface area contributed by atoms with Crippen LogP contribution in [0.2, 0.25) is 0 Å². The van der Waals surface area contributed by atoms with E-state index in [1.165, 1.54) is 37.0 Å². The number of thiazole rings is 1. The summed E-state index contributed by atoms with van der Waals surface area (Å²) in [5, 5.41) is 4.16. The molecule has 1 saturated carbocycles. The second kappa shape index (κ2) is 5.83. The van der Waals surface area contributed by atoms with Crippen molar-refractivity contribution in [1.29, 1.82) is 0 Å². The largest absolute Gasteiger partial charge is 0.382 e. The number of nitrogens with one attached hydrogen (secondary N) is 1. The molecule has 0 bridgehead atoms. The van der Waals surface area contributed by atoms with E-state index >= 15 is 0 Å². The van der Waals surface area contributed by atoms with Crippen molar-refractivity contribution in [2.24, 2.45) is 5.92 Å². The lowest BCUT2D eigenvalue weighted by Gasteiger charge is -2.37. The van der Waals surface area contributed by atoms with E-state index in [-0.39, 0.29) is 11.9 Å². The topological polar surface area (TPSA) is 71.2 Å². The summed E-state index contributed by atoms with van der Waals surface area (Å²) in [7, 11) is 0. The van der Waals surface area contributed by atoms with Gasteiger partial charge < -0.3 is 16.0 Å². The van der Waals surface area contributed by atoms with Gasteiger partial charge in [-0.15, -0.1) is 0 Å². The van der Waals surface area contributed by atoms with Gasteiger partial charge in [0.2, 0.25) is 0 Å². The molecule has 2 fully saturated rings. The number of aromatic nitrogens is 1. The van der Waals surface area contributed by atoms with Gasteiger partial charge in [0.15, 0.2) is 5.13 Å². The Kier molecular flexibility index (Phi) is 4.06. The molecular weight excluding hydrogens is 284 g/mol. The predicted octanol–water partition coefficient (Wildman–Crippen LogP) is 2.95. The third kappa shape index (κ3) is 2.86. The number of nitrogens with two attached hydrogens (primary N) is 1. The fourth-order valence-corrected chi connectivity index (χ4v) is 3.94. The highest BCUT2D eigenvalue weighted by Gasteiger charge is 2.31. The molecule has 3 N–H and O–H groups in total. The number of carbonyl (C=O) groups is 1. The highest BCUT2D eigenvalue weighted by Crippen LogP contribution is 2.32. The summed E-state index contributed by atoms with van der Waals surface area (Å²) in [6.07, 6.45) is 5.90. The molecule has 1 amide bonds. The zero-order chi connectivity index (χ0) is 15.0. The molecule has 6 heteroatoms. The van der Waals surface area contributed by atoms with Crippen LogP contribution in [0, 0.1) is 5.92 Å². The molecule has 5 nitrogen and oxygen atoms in total. The molecule has 1 saturated heterocycles. The van der Waals surface area contributed by atoms with Crippen LogP contribution in [0.25, 0.3) is 0 Å². The summed E-state index contributed by atoms with van der Waals surface area (Å²) in [4.78, 5) is 19.6. The molecule has 0 spiro atoms. The molecule has 0 radical (unpaired) electrons. The Balaban J connectivity index is 1.74. The van der Waals surface area contributed by atoms with Crippen molar-refractivity contribution >= 4 is 28.2 Å². The van der Waals surface area contributed by atoms with Gasteiger partial charge in [0.1, 0.15) is 10.7 Å². The van der Waals surface area contributed by atoms with E-state index in [1.54, 1.807) is 0 Å². The van der Waals surface area contributed by atoms with Crippen LogP contribution in [0.3, 0.4) is 0 Å². The first-order valence-electron chi connectivity index (χ1n) is 7.90. The second-order valence-electron chi connectivity index (χ2n) is 6.36. The van der Waals surface area contributed by atoms with Gasteiger partial charge in [0.25, 0.3) is 5.91 Å². The van der Waals surface area contributed by atoms with E-state index in [0.29, 0.717) is 22.7 Å². The van der Waals surface area contributed by atoms with E-state index in [4.69, 9.17) is 5.73 Å². The molecular formula is C15H24N4OS. The Labute approximate surface area is 129 Å². The van der Waals surface area contributed by atoms with Crippen molar-refractivity contribution in [3.8, 4) is 0 Å². The molecule has 1 aromatic heterocycles. The number of hydrogen-bond donors (Lipinski definition) is 2. The average Bonchev–Trinajstić information content (AvgIpc) is 2.78. The standard InChI is InChI=1S/C15H24N4OS/c1-9-5-4-8-19(10(9)2)14(20)12-13(16)18-15(21-12)17-11-6-3-7-11/h9-11H,3-8,16H2,1-2H3,(H,17,18). The molecule has 1 aromatic rings. The van der Waals surface area contributed by atoms with Gasteiger partial charge in [0, 0.05) is 18.6 Å². The number of carbonyl (C=O) groups excluding carboxylic acids is 1. The number of rotatable bonds is 3. The summed E-state index contributed by atoms with van der Waals surface area (Å²) in [5.74, 6) is 0.965. The third-order valence-corrected chi connectivity index (χ3v) is 5.91. The van der Waals surface area contributed by atoms with Crippen LogP contribution in [0.4, 0.5) is 10.9 Å². The van der Waals surface area contributed by atoms with Crippen molar-refractivity contribution in [3.63, 3.8) is 0 Å². The van der Waals surface area contributed by atoms with Gasteiger partial charge in [-0.3, -0.25) is 4.79 Å². The van der Waals surface area contributed by atoms with E-state index in [2.05, 4.69) is 24.1 Å². The summed E-state index contributed by atoms with van der Waals surface area (Å²) in [6, 6.07) is 0.781. The van der Waals surface area contributed by atoms with Crippen LogP contribution in [0.5, 0.6) is 0 Å². The smallest absolute Gasteiger partial charge is 0.268 e. The quantitative estimate of drug-likeness (QED) is 0.900. The summed E-state index contributed by atoms with van der Waals surface area (Å²) in [5.41, 5.74) is 5.98.